The summed E-state index contributed by atoms with van der Waals surface area (Å²) in [7, 11) is 0. The highest BCUT2D eigenvalue weighted by Gasteiger charge is 2.24. The van der Waals surface area contributed by atoms with E-state index < -0.39 is 18.2 Å². The van der Waals surface area contributed by atoms with Gasteiger partial charge in [0.25, 0.3) is 0 Å². The molecule has 394 valence electrons. The zero-order valence-electron chi connectivity index (χ0n) is 45.0. The number of ether oxygens (including phenoxy) is 1. The highest BCUT2D eigenvalue weighted by Crippen LogP contribution is 2.18. The number of nitrogens with one attached hydrogen (secondary N) is 1. The third kappa shape index (κ3) is 50.3. The average Bonchev–Trinajstić information content (AvgIpc) is 3.32. The van der Waals surface area contributed by atoms with Crippen molar-refractivity contribution in [1.82, 2.24) is 5.32 Å². The molecule has 3 unspecified atom stereocenters. The third-order valence-corrected chi connectivity index (χ3v) is 13.7. The lowest BCUT2D eigenvalue weighted by atomic mass is 10.0. The fourth-order valence-electron chi connectivity index (χ4n) is 9.16. The van der Waals surface area contributed by atoms with Crippen LogP contribution in [0.25, 0.3) is 0 Å². The Bertz CT molecular complexity index is 1100. The van der Waals surface area contributed by atoms with Crippen molar-refractivity contribution in [3.63, 3.8) is 0 Å². The monoisotopic (exact) mass is 942 g/mol. The van der Waals surface area contributed by atoms with Crippen LogP contribution in [0.4, 0.5) is 0 Å². The van der Waals surface area contributed by atoms with Crippen LogP contribution in [-0.4, -0.2) is 46.9 Å². The van der Waals surface area contributed by atoms with E-state index in [2.05, 4.69) is 62.5 Å². The summed E-state index contributed by atoms with van der Waals surface area (Å²) in [6.45, 7) is 6.49. The first-order valence-corrected chi connectivity index (χ1v) is 29.7. The smallest absolute Gasteiger partial charge is 0.306 e. The zero-order valence-corrected chi connectivity index (χ0v) is 45.0. The number of aliphatic hydroxyl groups excluding tert-OH is 2. The number of esters is 1. The molecule has 6 heteroatoms. The normalized spacial score (nSPS) is 13.3. The minimum absolute atomic E-state index is 0.0718. The molecule has 3 N–H and O–H groups in total. The van der Waals surface area contributed by atoms with Crippen LogP contribution >= 0.6 is 0 Å². The summed E-state index contributed by atoms with van der Waals surface area (Å²) in [5.41, 5.74) is 0. The highest BCUT2D eigenvalue weighted by atomic mass is 16.5. The van der Waals surface area contributed by atoms with Gasteiger partial charge in [0.1, 0.15) is 6.10 Å². The number of rotatable bonds is 54. The molecule has 0 rings (SSSR count). The van der Waals surface area contributed by atoms with Crippen molar-refractivity contribution >= 4 is 11.9 Å². The summed E-state index contributed by atoms with van der Waals surface area (Å²) in [6, 6.07) is -0.705. The third-order valence-electron chi connectivity index (χ3n) is 13.7. The quantitative estimate of drug-likeness (QED) is 0.0321. The molecule has 0 saturated carbocycles. The Labute approximate surface area is 417 Å². The van der Waals surface area contributed by atoms with E-state index in [4.69, 9.17) is 4.74 Å². The standard InChI is InChI=1S/C61H115NO5/c1-4-7-10-13-16-19-22-25-28-30-33-36-39-42-45-48-51-54-61(66)67-57(52-49-46-43-40-37-34-31-27-24-21-18-15-12-9-6-3)55-60(65)62-58(56-63)59(64)53-50-47-44-41-38-35-32-29-26-23-20-17-14-11-8-5-2/h16,19,25,27-28,31,57-59,63-64H,4-15,17-18,20-24,26,29-30,32-56H2,1-3H3,(H,62,65)/b19-16-,28-25-,31-27+. The van der Waals surface area contributed by atoms with Crippen molar-refractivity contribution in [3.8, 4) is 0 Å². The fourth-order valence-corrected chi connectivity index (χ4v) is 9.16. The van der Waals surface area contributed by atoms with Crippen molar-refractivity contribution in [3.05, 3.63) is 36.5 Å². The molecule has 0 aromatic heterocycles. The lowest BCUT2D eigenvalue weighted by Gasteiger charge is -2.24. The Kier molecular flexibility index (Phi) is 53.4. The summed E-state index contributed by atoms with van der Waals surface area (Å²) in [5, 5.41) is 23.9. The van der Waals surface area contributed by atoms with Crippen molar-refractivity contribution < 1.29 is 24.5 Å². The number of carbonyl (C=O) groups excluding carboxylic acids is 2. The summed E-state index contributed by atoms with van der Waals surface area (Å²) >= 11 is 0. The van der Waals surface area contributed by atoms with Crippen LogP contribution in [-0.2, 0) is 14.3 Å². The van der Waals surface area contributed by atoms with Gasteiger partial charge in [-0.2, -0.15) is 0 Å². The van der Waals surface area contributed by atoms with Gasteiger partial charge in [0, 0.05) is 6.42 Å². The molecular formula is C61H115NO5. The number of amides is 1. The van der Waals surface area contributed by atoms with Crippen LogP contribution in [0, 0.1) is 0 Å². The second kappa shape index (κ2) is 55.0. The number of aliphatic hydroxyl groups is 2. The topological polar surface area (TPSA) is 95.9 Å². The number of allylic oxidation sites excluding steroid dienone is 6. The van der Waals surface area contributed by atoms with Crippen molar-refractivity contribution in [1.29, 1.82) is 0 Å². The predicted octanol–water partition coefficient (Wildman–Crippen LogP) is 18.4. The predicted molar refractivity (Wildman–Crippen MR) is 292 cm³/mol. The van der Waals surface area contributed by atoms with Gasteiger partial charge in [-0.15, -0.1) is 0 Å². The van der Waals surface area contributed by atoms with E-state index in [-0.39, 0.29) is 24.9 Å². The number of hydrogen-bond acceptors (Lipinski definition) is 5. The Morgan fingerprint density at radius 2 is 0.761 bits per heavy atom. The number of hydrogen-bond donors (Lipinski definition) is 3. The lowest BCUT2D eigenvalue weighted by Crippen LogP contribution is -2.46. The van der Waals surface area contributed by atoms with E-state index in [0.29, 0.717) is 19.3 Å². The maximum Gasteiger partial charge on any atom is 0.306 e. The average molecular weight is 943 g/mol. The van der Waals surface area contributed by atoms with Gasteiger partial charge >= 0.3 is 5.97 Å². The molecule has 0 spiro atoms. The molecule has 0 aliphatic carbocycles. The summed E-state index contributed by atoms with van der Waals surface area (Å²) in [4.78, 5) is 26.3. The van der Waals surface area contributed by atoms with Crippen LogP contribution in [0.1, 0.15) is 316 Å². The van der Waals surface area contributed by atoms with Gasteiger partial charge in [0.05, 0.1) is 25.2 Å². The first-order chi connectivity index (χ1) is 33.0. The molecule has 3 atom stereocenters. The molecule has 0 radical (unpaired) electrons. The molecule has 0 heterocycles. The zero-order chi connectivity index (χ0) is 48.8. The first-order valence-electron chi connectivity index (χ1n) is 29.7. The summed E-state index contributed by atoms with van der Waals surface area (Å²) < 4.78 is 5.96. The second-order valence-corrected chi connectivity index (χ2v) is 20.4. The number of unbranched alkanes of at least 4 members (excludes halogenated alkanes) is 36. The van der Waals surface area contributed by atoms with E-state index in [1.165, 1.54) is 199 Å². The Balaban J connectivity index is 4.54. The molecular weight excluding hydrogens is 827 g/mol. The lowest BCUT2D eigenvalue weighted by molar-refractivity contribution is -0.151. The van der Waals surface area contributed by atoms with Crippen LogP contribution in [0.5, 0.6) is 0 Å². The van der Waals surface area contributed by atoms with Crippen molar-refractivity contribution in [2.75, 3.05) is 6.61 Å². The minimum atomic E-state index is -0.791. The number of carbonyl (C=O) groups is 2. The van der Waals surface area contributed by atoms with E-state index in [1.807, 2.05) is 0 Å². The minimum Gasteiger partial charge on any atom is -0.462 e. The largest absolute Gasteiger partial charge is 0.462 e. The van der Waals surface area contributed by atoms with Gasteiger partial charge in [-0.25, -0.2) is 0 Å². The van der Waals surface area contributed by atoms with Gasteiger partial charge in [-0.3, -0.25) is 9.59 Å². The second-order valence-electron chi connectivity index (χ2n) is 20.4. The van der Waals surface area contributed by atoms with Gasteiger partial charge in [-0.1, -0.05) is 256 Å². The van der Waals surface area contributed by atoms with Crippen LogP contribution in [0.2, 0.25) is 0 Å². The van der Waals surface area contributed by atoms with Gasteiger partial charge in [-0.05, 0) is 83.5 Å². The molecule has 6 nitrogen and oxygen atoms in total. The Hall–Kier alpha value is -1.92. The molecule has 0 aromatic rings. The SMILES string of the molecule is CCCCC/C=C\C/C=C\CCCCCCCCCC(=O)OC(CCCCCCC/C=C/CCCCCCCC)CC(=O)NC(CO)C(O)CCCCCCCCCCCCCCCCCC. The van der Waals surface area contributed by atoms with Crippen LogP contribution in [0.15, 0.2) is 36.5 Å². The van der Waals surface area contributed by atoms with E-state index in [9.17, 15) is 19.8 Å². The summed E-state index contributed by atoms with van der Waals surface area (Å²) in [5.74, 6) is -0.476. The molecule has 0 fully saturated rings. The fraction of sp³-hybridized carbons (Fsp3) is 0.869. The molecule has 1 amide bonds. The Morgan fingerprint density at radius 1 is 0.433 bits per heavy atom. The van der Waals surface area contributed by atoms with Crippen LogP contribution < -0.4 is 5.32 Å². The van der Waals surface area contributed by atoms with Gasteiger partial charge < -0.3 is 20.3 Å². The van der Waals surface area contributed by atoms with Crippen molar-refractivity contribution in [2.24, 2.45) is 0 Å². The highest BCUT2D eigenvalue weighted by molar-refractivity contribution is 5.77. The molecule has 0 saturated heterocycles. The van der Waals surface area contributed by atoms with Crippen LogP contribution in [0.3, 0.4) is 0 Å². The first kappa shape index (κ1) is 65.1. The Morgan fingerprint density at radius 3 is 1.18 bits per heavy atom. The van der Waals surface area contributed by atoms with E-state index in [0.717, 1.165) is 70.6 Å². The molecule has 0 aromatic carbocycles. The molecule has 67 heavy (non-hydrogen) atoms. The summed E-state index contributed by atoms with van der Waals surface area (Å²) in [6.07, 6.45) is 66.3. The van der Waals surface area contributed by atoms with Gasteiger partial charge in [0.2, 0.25) is 5.91 Å². The molecule has 0 aliphatic rings. The molecule has 0 bridgehead atoms. The maximum atomic E-state index is 13.3. The molecule has 0 aliphatic heterocycles. The maximum absolute atomic E-state index is 13.3. The van der Waals surface area contributed by atoms with E-state index in [1.54, 1.807) is 0 Å². The van der Waals surface area contributed by atoms with E-state index >= 15 is 0 Å². The van der Waals surface area contributed by atoms with Crippen molar-refractivity contribution in [2.45, 2.75) is 334 Å². The van der Waals surface area contributed by atoms with Gasteiger partial charge in [0.15, 0.2) is 0 Å².